The molecule has 26 heavy (non-hydrogen) atoms. The Hall–Kier alpha value is -2.24. The van der Waals surface area contributed by atoms with E-state index in [9.17, 15) is 4.79 Å². The van der Waals surface area contributed by atoms with E-state index in [-0.39, 0.29) is 11.9 Å². The number of likely N-dealkylation sites (tertiary alicyclic amines) is 1. The Kier molecular flexibility index (Phi) is 7.75. The number of piperidine rings is 1. The Morgan fingerprint density at radius 2 is 2.04 bits per heavy atom. The summed E-state index contributed by atoms with van der Waals surface area (Å²) >= 11 is 0. The van der Waals surface area contributed by atoms with Gasteiger partial charge in [0, 0.05) is 26.2 Å². The van der Waals surface area contributed by atoms with Crippen molar-refractivity contribution in [3.63, 3.8) is 0 Å². The molecule has 1 saturated heterocycles. The van der Waals surface area contributed by atoms with Crippen LogP contribution in [0.25, 0.3) is 0 Å². The van der Waals surface area contributed by atoms with Crippen molar-refractivity contribution in [1.29, 1.82) is 0 Å². The van der Waals surface area contributed by atoms with E-state index >= 15 is 0 Å². The van der Waals surface area contributed by atoms with Crippen LogP contribution in [0.2, 0.25) is 0 Å². The molecule has 1 aliphatic heterocycles. The van der Waals surface area contributed by atoms with E-state index in [1.54, 1.807) is 7.11 Å². The number of guanidine groups is 1. The highest BCUT2D eigenvalue weighted by atomic mass is 16.5. The molecule has 6 heteroatoms. The van der Waals surface area contributed by atoms with E-state index in [0.717, 1.165) is 56.2 Å². The molecule has 0 bridgehead atoms. The average Bonchev–Trinajstić information content (AvgIpc) is 2.68. The van der Waals surface area contributed by atoms with Gasteiger partial charge in [-0.1, -0.05) is 12.1 Å². The number of aliphatic imine (C=N–C) groups is 1. The van der Waals surface area contributed by atoms with Gasteiger partial charge in [0.05, 0.1) is 20.1 Å². The maximum absolute atomic E-state index is 11.7. The lowest BCUT2D eigenvalue weighted by Crippen LogP contribution is -2.46. The number of nitrogens with one attached hydrogen (secondary N) is 1. The first-order chi connectivity index (χ1) is 12.6. The van der Waals surface area contributed by atoms with Gasteiger partial charge >= 0.3 is 5.97 Å². The number of nitrogens with zero attached hydrogens (tertiary/aromatic N) is 2. The fraction of sp³-hybridized carbons (Fsp3) is 0.600. The van der Waals surface area contributed by atoms with Gasteiger partial charge in [-0.25, -0.2) is 0 Å². The molecule has 0 unspecified atom stereocenters. The van der Waals surface area contributed by atoms with E-state index in [1.165, 1.54) is 12.7 Å². The molecule has 0 aliphatic carbocycles. The molecule has 1 N–H and O–H groups in total. The lowest BCUT2D eigenvalue weighted by Gasteiger charge is -2.33. The Balaban J connectivity index is 1.93. The zero-order chi connectivity index (χ0) is 18.9. The summed E-state index contributed by atoms with van der Waals surface area (Å²) in [5.74, 6) is 1.76. The minimum atomic E-state index is -0.0973. The summed E-state index contributed by atoms with van der Waals surface area (Å²) in [5.41, 5.74) is 2.36. The van der Waals surface area contributed by atoms with Crippen LogP contribution in [0.1, 0.15) is 30.9 Å². The van der Waals surface area contributed by atoms with Crippen molar-refractivity contribution in [2.75, 3.05) is 40.4 Å². The van der Waals surface area contributed by atoms with Crippen LogP contribution in [0.3, 0.4) is 0 Å². The zero-order valence-electron chi connectivity index (χ0n) is 16.4. The van der Waals surface area contributed by atoms with Crippen LogP contribution in [0.15, 0.2) is 23.2 Å². The normalized spacial score (nSPS) is 15.7. The number of methoxy groups -OCH3 is 2. The highest BCUT2D eigenvalue weighted by molar-refractivity contribution is 5.80. The monoisotopic (exact) mass is 361 g/mol. The third-order valence-corrected chi connectivity index (χ3v) is 4.80. The van der Waals surface area contributed by atoms with Gasteiger partial charge in [-0.3, -0.25) is 9.79 Å². The van der Waals surface area contributed by atoms with Gasteiger partial charge in [-0.15, -0.1) is 0 Å². The second-order valence-electron chi connectivity index (χ2n) is 6.57. The first-order valence-electron chi connectivity index (χ1n) is 9.33. The first-order valence-corrected chi connectivity index (χ1v) is 9.33. The topological polar surface area (TPSA) is 63.2 Å². The van der Waals surface area contributed by atoms with E-state index in [4.69, 9.17) is 14.5 Å². The van der Waals surface area contributed by atoms with Gasteiger partial charge in [0.1, 0.15) is 5.75 Å². The number of rotatable bonds is 6. The molecule has 1 aromatic carbocycles. The molecule has 1 heterocycles. The molecule has 1 fully saturated rings. The third kappa shape index (κ3) is 5.38. The lowest BCUT2D eigenvalue weighted by molar-refractivity contribution is -0.146. The number of hydrogen-bond acceptors (Lipinski definition) is 4. The zero-order valence-corrected chi connectivity index (χ0v) is 16.4. The number of aryl methyl sites for hydroxylation is 1. The Morgan fingerprint density at radius 1 is 1.31 bits per heavy atom. The molecule has 0 saturated carbocycles. The summed E-state index contributed by atoms with van der Waals surface area (Å²) in [5, 5.41) is 3.36. The van der Waals surface area contributed by atoms with Crippen LogP contribution in [-0.4, -0.2) is 57.2 Å². The summed E-state index contributed by atoms with van der Waals surface area (Å²) in [7, 11) is 3.16. The van der Waals surface area contributed by atoms with Gasteiger partial charge in [-0.2, -0.15) is 0 Å². The standard InChI is InChI=1S/C20H31N3O3/c1-5-21-20(23-12-9-17(10-13-23)19(24)26-4)22-11-8-16-7-6-15(2)18(14-16)25-3/h6-7,14,17H,5,8-13H2,1-4H3,(H,21,22). The second-order valence-corrected chi connectivity index (χ2v) is 6.57. The SMILES string of the molecule is CCNC(=NCCc1ccc(C)c(OC)c1)N1CCC(C(=O)OC)CC1. The van der Waals surface area contributed by atoms with Gasteiger partial charge in [0.15, 0.2) is 5.96 Å². The highest BCUT2D eigenvalue weighted by Crippen LogP contribution is 2.20. The van der Waals surface area contributed by atoms with Crippen LogP contribution in [0.5, 0.6) is 5.75 Å². The highest BCUT2D eigenvalue weighted by Gasteiger charge is 2.26. The Labute approximate surface area is 156 Å². The number of carbonyl (C=O) groups is 1. The lowest BCUT2D eigenvalue weighted by atomic mass is 9.97. The summed E-state index contributed by atoms with van der Waals surface area (Å²) in [6.07, 6.45) is 2.49. The average molecular weight is 361 g/mol. The van der Waals surface area contributed by atoms with Crippen molar-refractivity contribution in [2.24, 2.45) is 10.9 Å². The molecule has 0 radical (unpaired) electrons. The second kappa shape index (κ2) is 10.0. The van der Waals surface area contributed by atoms with Crippen LogP contribution >= 0.6 is 0 Å². The first kappa shape index (κ1) is 20.1. The molecular formula is C20H31N3O3. The molecule has 0 spiro atoms. The predicted molar refractivity (Wildman–Crippen MR) is 104 cm³/mol. The molecule has 2 rings (SSSR count). The van der Waals surface area contributed by atoms with E-state index < -0.39 is 0 Å². The van der Waals surface area contributed by atoms with Crippen molar-refractivity contribution in [3.8, 4) is 5.75 Å². The number of carbonyl (C=O) groups excluding carboxylic acids is 1. The molecule has 6 nitrogen and oxygen atoms in total. The number of benzene rings is 1. The molecule has 0 atom stereocenters. The Bertz CT molecular complexity index is 623. The summed E-state index contributed by atoms with van der Waals surface area (Å²) < 4.78 is 10.3. The van der Waals surface area contributed by atoms with Crippen molar-refractivity contribution >= 4 is 11.9 Å². The smallest absolute Gasteiger partial charge is 0.308 e. The van der Waals surface area contributed by atoms with Crippen LogP contribution < -0.4 is 10.1 Å². The van der Waals surface area contributed by atoms with E-state index in [0.29, 0.717) is 6.54 Å². The molecule has 0 amide bonds. The largest absolute Gasteiger partial charge is 0.496 e. The maximum Gasteiger partial charge on any atom is 0.308 e. The van der Waals surface area contributed by atoms with Crippen LogP contribution in [-0.2, 0) is 16.0 Å². The van der Waals surface area contributed by atoms with Gasteiger partial charge in [0.25, 0.3) is 0 Å². The van der Waals surface area contributed by atoms with Gasteiger partial charge < -0.3 is 19.7 Å². The van der Waals surface area contributed by atoms with Gasteiger partial charge in [-0.05, 0) is 50.3 Å². The van der Waals surface area contributed by atoms with Crippen LogP contribution in [0, 0.1) is 12.8 Å². The van der Waals surface area contributed by atoms with Crippen molar-refractivity contribution in [1.82, 2.24) is 10.2 Å². The fourth-order valence-electron chi connectivity index (χ4n) is 3.23. The number of hydrogen-bond donors (Lipinski definition) is 1. The number of esters is 1. The van der Waals surface area contributed by atoms with E-state index in [2.05, 4.69) is 35.3 Å². The molecular weight excluding hydrogens is 330 g/mol. The third-order valence-electron chi connectivity index (χ3n) is 4.80. The quantitative estimate of drug-likeness (QED) is 0.479. The summed E-state index contributed by atoms with van der Waals surface area (Å²) in [6, 6.07) is 6.29. The number of ether oxygens (including phenoxy) is 2. The minimum absolute atomic E-state index is 0.0131. The molecule has 1 aromatic rings. The molecule has 144 valence electrons. The molecule has 1 aliphatic rings. The van der Waals surface area contributed by atoms with E-state index in [1.807, 2.05) is 6.92 Å². The fourth-order valence-corrected chi connectivity index (χ4v) is 3.23. The maximum atomic E-state index is 11.7. The van der Waals surface area contributed by atoms with Crippen molar-refractivity contribution in [3.05, 3.63) is 29.3 Å². The summed E-state index contributed by atoms with van der Waals surface area (Å²) in [4.78, 5) is 18.7. The Morgan fingerprint density at radius 3 is 2.65 bits per heavy atom. The predicted octanol–water partition coefficient (Wildman–Crippen LogP) is 2.40. The van der Waals surface area contributed by atoms with Crippen molar-refractivity contribution < 1.29 is 14.3 Å². The van der Waals surface area contributed by atoms with Crippen molar-refractivity contribution in [2.45, 2.75) is 33.1 Å². The minimum Gasteiger partial charge on any atom is -0.496 e. The van der Waals surface area contributed by atoms with Gasteiger partial charge in [0.2, 0.25) is 0 Å². The summed E-state index contributed by atoms with van der Waals surface area (Å²) in [6.45, 7) is 7.30. The molecule has 0 aromatic heterocycles. The van der Waals surface area contributed by atoms with Crippen LogP contribution in [0.4, 0.5) is 0 Å².